The van der Waals surface area contributed by atoms with Crippen molar-refractivity contribution in [3.8, 4) is 0 Å². The quantitative estimate of drug-likeness (QED) is 0.907. The van der Waals surface area contributed by atoms with Crippen LogP contribution in [0, 0.1) is 13.8 Å². The standard InChI is InChI=1S/C13H14N2O3S2/c1-4-8-5-9(19-7(8)3)11(16)14-12-10(13(17)18)6(2)15-20-12/h5H,4H2,1-3H3,(H,14,16)(H,17,18). The van der Waals surface area contributed by atoms with Crippen molar-refractivity contribution in [1.29, 1.82) is 0 Å². The number of rotatable bonds is 4. The minimum absolute atomic E-state index is 0.0624. The average Bonchev–Trinajstić information content (AvgIpc) is 2.92. The van der Waals surface area contributed by atoms with Crippen molar-refractivity contribution in [2.45, 2.75) is 27.2 Å². The maximum Gasteiger partial charge on any atom is 0.340 e. The Bertz CT molecular complexity index is 673. The van der Waals surface area contributed by atoms with Crippen LogP contribution in [0.1, 0.15) is 43.1 Å². The van der Waals surface area contributed by atoms with Gasteiger partial charge in [-0.2, -0.15) is 4.37 Å². The molecule has 7 heteroatoms. The molecule has 2 aromatic rings. The van der Waals surface area contributed by atoms with E-state index in [0.717, 1.165) is 28.4 Å². The molecule has 0 aliphatic carbocycles. The largest absolute Gasteiger partial charge is 0.478 e. The van der Waals surface area contributed by atoms with Crippen LogP contribution in [0.5, 0.6) is 0 Å². The molecule has 0 saturated heterocycles. The van der Waals surface area contributed by atoms with Crippen molar-refractivity contribution in [2.24, 2.45) is 0 Å². The van der Waals surface area contributed by atoms with Gasteiger partial charge in [-0.05, 0) is 43.4 Å². The molecule has 5 nitrogen and oxygen atoms in total. The molecule has 0 radical (unpaired) electrons. The number of nitrogens with one attached hydrogen (secondary N) is 1. The van der Waals surface area contributed by atoms with E-state index in [0.29, 0.717) is 10.6 Å². The predicted octanol–water partition coefficient (Wildman–Crippen LogP) is 3.33. The van der Waals surface area contributed by atoms with E-state index in [1.807, 2.05) is 19.9 Å². The van der Waals surface area contributed by atoms with Gasteiger partial charge in [-0.3, -0.25) is 4.79 Å². The van der Waals surface area contributed by atoms with Crippen molar-refractivity contribution < 1.29 is 14.7 Å². The molecule has 2 N–H and O–H groups in total. The molecule has 0 bridgehead atoms. The highest BCUT2D eigenvalue weighted by atomic mass is 32.1. The summed E-state index contributed by atoms with van der Waals surface area (Å²) in [7, 11) is 0. The minimum Gasteiger partial charge on any atom is -0.478 e. The number of aromatic nitrogens is 1. The summed E-state index contributed by atoms with van der Waals surface area (Å²) >= 11 is 2.40. The molecule has 2 rings (SSSR count). The third-order valence-electron chi connectivity index (χ3n) is 2.93. The molecule has 0 aliphatic heterocycles. The number of anilines is 1. The van der Waals surface area contributed by atoms with Crippen LogP contribution in [0.25, 0.3) is 0 Å². The van der Waals surface area contributed by atoms with Crippen molar-refractivity contribution in [1.82, 2.24) is 4.37 Å². The first kappa shape index (κ1) is 14.7. The number of carboxylic acids is 1. The molecule has 0 spiro atoms. The van der Waals surface area contributed by atoms with Gasteiger partial charge in [0, 0.05) is 4.88 Å². The van der Waals surface area contributed by atoms with Crippen molar-refractivity contribution in [3.63, 3.8) is 0 Å². The molecule has 1 amide bonds. The molecular formula is C13H14N2O3S2. The Hall–Kier alpha value is -1.73. The number of thiophene rings is 1. The van der Waals surface area contributed by atoms with Gasteiger partial charge >= 0.3 is 5.97 Å². The van der Waals surface area contributed by atoms with Crippen molar-refractivity contribution >= 4 is 39.7 Å². The van der Waals surface area contributed by atoms with Gasteiger partial charge in [0.25, 0.3) is 5.91 Å². The fraction of sp³-hybridized carbons (Fsp3) is 0.308. The number of carbonyl (C=O) groups is 2. The average molecular weight is 310 g/mol. The monoisotopic (exact) mass is 310 g/mol. The van der Waals surface area contributed by atoms with Crippen molar-refractivity contribution in [2.75, 3.05) is 5.32 Å². The summed E-state index contributed by atoms with van der Waals surface area (Å²) in [6.07, 6.45) is 0.871. The number of aromatic carboxylic acids is 1. The minimum atomic E-state index is -1.08. The van der Waals surface area contributed by atoms with Gasteiger partial charge in [0.15, 0.2) is 0 Å². The molecule has 0 fully saturated rings. The second kappa shape index (κ2) is 5.72. The summed E-state index contributed by atoms with van der Waals surface area (Å²) in [4.78, 5) is 25.0. The number of hydrogen-bond donors (Lipinski definition) is 2. The first-order chi connectivity index (χ1) is 9.43. The van der Waals surface area contributed by atoms with Crippen LogP contribution >= 0.6 is 22.9 Å². The third kappa shape index (κ3) is 2.73. The summed E-state index contributed by atoms with van der Waals surface area (Å²) in [6, 6.07) is 1.85. The van der Waals surface area contributed by atoms with E-state index >= 15 is 0 Å². The Labute approximate surface area is 124 Å². The molecule has 2 heterocycles. The smallest absolute Gasteiger partial charge is 0.340 e. The maximum absolute atomic E-state index is 12.2. The molecule has 0 aliphatic rings. The normalized spacial score (nSPS) is 10.6. The van der Waals surface area contributed by atoms with Crippen molar-refractivity contribution in [3.05, 3.63) is 32.6 Å². The lowest BCUT2D eigenvalue weighted by Crippen LogP contribution is -2.12. The first-order valence-corrected chi connectivity index (χ1v) is 7.63. The van der Waals surface area contributed by atoms with Gasteiger partial charge in [0.05, 0.1) is 10.6 Å². The van der Waals surface area contributed by atoms with Crippen LogP contribution < -0.4 is 5.32 Å². The summed E-state index contributed by atoms with van der Waals surface area (Å²) in [6.45, 7) is 5.62. The molecule has 0 atom stereocenters. The van der Waals surface area contributed by atoms with E-state index in [-0.39, 0.29) is 16.5 Å². The SMILES string of the molecule is CCc1cc(C(=O)Nc2snc(C)c2C(=O)O)sc1C. The zero-order chi connectivity index (χ0) is 14.9. The topological polar surface area (TPSA) is 79.3 Å². The Morgan fingerprint density at radius 2 is 2.10 bits per heavy atom. The second-order valence-electron chi connectivity index (χ2n) is 4.28. The highest BCUT2D eigenvalue weighted by molar-refractivity contribution is 7.14. The van der Waals surface area contributed by atoms with Crippen LogP contribution in [-0.4, -0.2) is 21.4 Å². The molecule has 0 saturated carbocycles. The second-order valence-corrected chi connectivity index (χ2v) is 6.31. The Kier molecular flexibility index (Phi) is 4.20. The maximum atomic E-state index is 12.2. The number of carboxylic acid groups (broad SMARTS) is 1. The zero-order valence-electron chi connectivity index (χ0n) is 11.3. The van der Waals surface area contributed by atoms with E-state index in [4.69, 9.17) is 5.11 Å². The van der Waals surface area contributed by atoms with Crippen LogP contribution in [0.3, 0.4) is 0 Å². The van der Waals surface area contributed by atoms with Crippen LogP contribution in [0.15, 0.2) is 6.07 Å². The van der Waals surface area contributed by atoms with E-state index in [2.05, 4.69) is 9.69 Å². The van der Waals surface area contributed by atoms with Gasteiger partial charge in [0.2, 0.25) is 0 Å². The fourth-order valence-electron chi connectivity index (χ4n) is 1.85. The van der Waals surface area contributed by atoms with Gasteiger partial charge < -0.3 is 10.4 Å². The van der Waals surface area contributed by atoms with Gasteiger partial charge in [-0.1, -0.05) is 6.92 Å². The van der Waals surface area contributed by atoms with E-state index in [1.54, 1.807) is 6.92 Å². The zero-order valence-corrected chi connectivity index (χ0v) is 12.9. The number of hydrogen-bond acceptors (Lipinski definition) is 5. The molecule has 106 valence electrons. The van der Waals surface area contributed by atoms with Crippen LogP contribution in [0.4, 0.5) is 5.00 Å². The number of nitrogens with zero attached hydrogens (tertiary/aromatic N) is 1. The molecule has 0 aromatic carbocycles. The highest BCUT2D eigenvalue weighted by Gasteiger charge is 2.20. The number of amides is 1. The Morgan fingerprint density at radius 1 is 1.40 bits per heavy atom. The highest BCUT2D eigenvalue weighted by Crippen LogP contribution is 2.27. The summed E-state index contributed by atoms with van der Waals surface area (Å²) in [5.74, 6) is -1.37. The Morgan fingerprint density at radius 3 is 2.65 bits per heavy atom. The summed E-state index contributed by atoms with van der Waals surface area (Å²) in [5, 5.41) is 12.0. The number of carbonyl (C=O) groups excluding carboxylic acids is 1. The number of aryl methyl sites for hydroxylation is 3. The lowest BCUT2D eigenvalue weighted by molar-refractivity contribution is 0.0697. The van der Waals surface area contributed by atoms with Gasteiger partial charge in [-0.15, -0.1) is 11.3 Å². The Balaban J connectivity index is 2.25. The lowest BCUT2D eigenvalue weighted by atomic mass is 10.2. The van der Waals surface area contributed by atoms with Gasteiger partial charge in [-0.25, -0.2) is 4.79 Å². The van der Waals surface area contributed by atoms with E-state index in [1.165, 1.54) is 11.3 Å². The summed E-state index contributed by atoms with van der Waals surface area (Å²) in [5.41, 5.74) is 1.61. The first-order valence-electron chi connectivity index (χ1n) is 6.04. The van der Waals surface area contributed by atoms with E-state index in [9.17, 15) is 9.59 Å². The van der Waals surface area contributed by atoms with Gasteiger partial charge in [0.1, 0.15) is 10.6 Å². The molecule has 2 aromatic heterocycles. The summed E-state index contributed by atoms with van der Waals surface area (Å²) < 4.78 is 3.97. The van der Waals surface area contributed by atoms with Crippen LogP contribution in [-0.2, 0) is 6.42 Å². The van der Waals surface area contributed by atoms with E-state index < -0.39 is 5.97 Å². The predicted molar refractivity (Wildman–Crippen MR) is 80.2 cm³/mol. The molecular weight excluding hydrogens is 296 g/mol. The fourth-order valence-corrected chi connectivity index (χ4v) is 3.65. The molecule has 20 heavy (non-hydrogen) atoms. The lowest BCUT2D eigenvalue weighted by Gasteiger charge is -2.01. The van der Waals surface area contributed by atoms with Crippen LogP contribution in [0.2, 0.25) is 0 Å². The molecule has 0 unspecified atom stereocenters. The third-order valence-corrected chi connectivity index (χ3v) is 4.87.